The molecule has 0 saturated heterocycles. The fourth-order valence-corrected chi connectivity index (χ4v) is 3.06. The molecule has 0 saturated carbocycles. The standard InChI is InChI=1S/C17H19NOS/c1-13(18(2)10-9-15-7-5-11-20-15)17-12-14-6-3-4-8-16(14)19-17/h3-8,11-13H,9-10H2,1-2H3. The van der Waals surface area contributed by atoms with Crippen molar-refractivity contribution in [2.45, 2.75) is 19.4 Å². The van der Waals surface area contributed by atoms with Gasteiger partial charge in [0.2, 0.25) is 0 Å². The van der Waals surface area contributed by atoms with E-state index in [1.54, 1.807) is 0 Å². The lowest BCUT2D eigenvalue weighted by atomic mass is 10.2. The molecule has 0 aliphatic rings. The molecule has 0 amide bonds. The van der Waals surface area contributed by atoms with Crippen LogP contribution in [-0.4, -0.2) is 18.5 Å². The van der Waals surface area contributed by atoms with Crippen LogP contribution in [0.2, 0.25) is 0 Å². The minimum Gasteiger partial charge on any atom is -0.459 e. The average Bonchev–Trinajstić information content (AvgIpc) is 3.12. The van der Waals surface area contributed by atoms with Crippen LogP contribution in [0, 0.1) is 0 Å². The number of nitrogens with zero attached hydrogens (tertiary/aromatic N) is 1. The van der Waals surface area contributed by atoms with Gasteiger partial charge in [-0.15, -0.1) is 11.3 Å². The lowest BCUT2D eigenvalue weighted by Gasteiger charge is -2.22. The molecule has 2 heterocycles. The van der Waals surface area contributed by atoms with Crippen molar-refractivity contribution in [2.24, 2.45) is 0 Å². The van der Waals surface area contributed by atoms with E-state index in [9.17, 15) is 0 Å². The summed E-state index contributed by atoms with van der Waals surface area (Å²) in [6.07, 6.45) is 1.10. The molecule has 0 aliphatic heterocycles. The van der Waals surface area contributed by atoms with Crippen molar-refractivity contribution >= 4 is 22.3 Å². The van der Waals surface area contributed by atoms with Gasteiger partial charge in [0.25, 0.3) is 0 Å². The molecular weight excluding hydrogens is 266 g/mol. The van der Waals surface area contributed by atoms with Crippen LogP contribution in [0.15, 0.2) is 52.3 Å². The van der Waals surface area contributed by atoms with E-state index in [0.717, 1.165) is 24.3 Å². The maximum atomic E-state index is 5.95. The van der Waals surface area contributed by atoms with E-state index in [4.69, 9.17) is 4.42 Å². The molecule has 0 aliphatic carbocycles. The Labute approximate surface area is 123 Å². The Balaban J connectivity index is 1.69. The van der Waals surface area contributed by atoms with Crippen LogP contribution in [0.3, 0.4) is 0 Å². The van der Waals surface area contributed by atoms with Crippen LogP contribution in [-0.2, 0) is 6.42 Å². The van der Waals surface area contributed by atoms with Crippen LogP contribution in [0.5, 0.6) is 0 Å². The Kier molecular flexibility index (Phi) is 3.90. The third-order valence-electron chi connectivity index (χ3n) is 3.81. The summed E-state index contributed by atoms with van der Waals surface area (Å²) in [5.74, 6) is 1.04. The lowest BCUT2D eigenvalue weighted by molar-refractivity contribution is 0.237. The lowest BCUT2D eigenvalue weighted by Crippen LogP contribution is -2.24. The van der Waals surface area contributed by atoms with Gasteiger partial charge in [0.15, 0.2) is 0 Å². The molecule has 2 nitrogen and oxygen atoms in total. The Morgan fingerprint density at radius 3 is 2.80 bits per heavy atom. The number of thiophene rings is 1. The van der Waals surface area contributed by atoms with Crippen molar-refractivity contribution < 1.29 is 4.42 Å². The molecule has 1 unspecified atom stereocenters. The van der Waals surface area contributed by atoms with Crippen molar-refractivity contribution in [3.05, 3.63) is 58.5 Å². The molecule has 1 aromatic carbocycles. The van der Waals surface area contributed by atoms with E-state index in [0.29, 0.717) is 6.04 Å². The first-order chi connectivity index (χ1) is 9.74. The summed E-state index contributed by atoms with van der Waals surface area (Å²) in [5.41, 5.74) is 0.973. The zero-order chi connectivity index (χ0) is 13.9. The monoisotopic (exact) mass is 285 g/mol. The molecule has 0 radical (unpaired) electrons. The summed E-state index contributed by atoms with van der Waals surface area (Å²) in [7, 11) is 2.16. The van der Waals surface area contributed by atoms with Crippen LogP contribution in [0.1, 0.15) is 23.6 Å². The highest BCUT2D eigenvalue weighted by molar-refractivity contribution is 7.09. The SMILES string of the molecule is CC(c1cc2ccccc2o1)N(C)CCc1cccs1. The predicted octanol–water partition coefficient (Wildman–Crippen LogP) is 4.73. The molecule has 3 aromatic rings. The Bertz CT molecular complexity index is 638. The van der Waals surface area contributed by atoms with Crippen molar-refractivity contribution in [1.29, 1.82) is 0 Å². The molecule has 2 aromatic heterocycles. The van der Waals surface area contributed by atoms with Gasteiger partial charge in [0.05, 0.1) is 6.04 Å². The highest BCUT2D eigenvalue weighted by Crippen LogP contribution is 2.26. The number of para-hydroxylation sites is 1. The summed E-state index contributed by atoms with van der Waals surface area (Å²) >= 11 is 1.83. The van der Waals surface area contributed by atoms with E-state index >= 15 is 0 Å². The Morgan fingerprint density at radius 2 is 2.05 bits per heavy atom. The molecule has 0 N–H and O–H groups in total. The first-order valence-electron chi connectivity index (χ1n) is 6.95. The average molecular weight is 285 g/mol. The van der Waals surface area contributed by atoms with Gasteiger partial charge < -0.3 is 4.42 Å². The number of benzene rings is 1. The topological polar surface area (TPSA) is 16.4 Å². The fraction of sp³-hybridized carbons (Fsp3) is 0.294. The molecule has 0 fully saturated rings. The molecule has 0 bridgehead atoms. The number of rotatable bonds is 5. The van der Waals surface area contributed by atoms with Crippen molar-refractivity contribution in [2.75, 3.05) is 13.6 Å². The van der Waals surface area contributed by atoms with Gasteiger partial charge in [0.1, 0.15) is 11.3 Å². The van der Waals surface area contributed by atoms with E-state index < -0.39 is 0 Å². The first kappa shape index (κ1) is 13.4. The second kappa shape index (κ2) is 5.81. The molecular formula is C17H19NOS. The molecule has 20 heavy (non-hydrogen) atoms. The maximum absolute atomic E-state index is 5.95. The van der Waals surface area contributed by atoms with Gasteiger partial charge in [-0.25, -0.2) is 0 Å². The summed E-state index contributed by atoms with van der Waals surface area (Å²) in [5, 5.41) is 3.32. The second-order valence-electron chi connectivity index (χ2n) is 5.17. The molecule has 3 rings (SSSR count). The number of furan rings is 1. The van der Waals surface area contributed by atoms with Crippen molar-refractivity contribution in [3.8, 4) is 0 Å². The summed E-state index contributed by atoms with van der Waals surface area (Å²) in [4.78, 5) is 3.78. The number of likely N-dealkylation sites (N-methyl/N-ethyl adjacent to an activating group) is 1. The van der Waals surface area contributed by atoms with Crippen LogP contribution in [0.25, 0.3) is 11.0 Å². The quantitative estimate of drug-likeness (QED) is 0.674. The summed E-state index contributed by atoms with van der Waals surface area (Å²) in [6.45, 7) is 3.24. The van der Waals surface area contributed by atoms with Crippen molar-refractivity contribution in [3.63, 3.8) is 0 Å². The van der Waals surface area contributed by atoms with E-state index in [2.05, 4.69) is 48.5 Å². The number of hydrogen-bond acceptors (Lipinski definition) is 3. The zero-order valence-electron chi connectivity index (χ0n) is 11.9. The third-order valence-corrected chi connectivity index (χ3v) is 4.74. The molecule has 3 heteroatoms. The van der Waals surface area contributed by atoms with E-state index in [-0.39, 0.29) is 0 Å². The van der Waals surface area contributed by atoms with E-state index in [1.165, 1.54) is 10.3 Å². The van der Waals surface area contributed by atoms with Gasteiger partial charge in [-0.05, 0) is 44.0 Å². The van der Waals surface area contributed by atoms with Gasteiger partial charge in [-0.2, -0.15) is 0 Å². The normalized spacial score (nSPS) is 13.2. The van der Waals surface area contributed by atoms with Gasteiger partial charge in [-0.1, -0.05) is 24.3 Å². The van der Waals surface area contributed by atoms with Crippen molar-refractivity contribution in [1.82, 2.24) is 4.90 Å². The number of fused-ring (bicyclic) bond motifs is 1. The molecule has 0 spiro atoms. The minimum absolute atomic E-state index is 0.294. The number of hydrogen-bond donors (Lipinski definition) is 0. The zero-order valence-corrected chi connectivity index (χ0v) is 12.7. The maximum Gasteiger partial charge on any atom is 0.134 e. The Hall–Kier alpha value is -1.58. The first-order valence-corrected chi connectivity index (χ1v) is 7.83. The Morgan fingerprint density at radius 1 is 1.20 bits per heavy atom. The molecule has 104 valence electrons. The van der Waals surface area contributed by atoms with Gasteiger partial charge in [-0.3, -0.25) is 4.90 Å². The summed E-state index contributed by atoms with van der Waals surface area (Å²) in [6, 6.07) is 14.9. The fourth-order valence-electron chi connectivity index (χ4n) is 2.36. The van der Waals surface area contributed by atoms with Gasteiger partial charge in [0, 0.05) is 16.8 Å². The summed E-state index contributed by atoms with van der Waals surface area (Å²) < 4.78 is 5.95. The van der Waals surface area contributed by atoms with Crippen LogP contribution in [0.4, 0.5) is 0 Å². The highest BCUT2D eigenvalue weighted by Gasteiger charge is 2.16. The minimum atomic E-state index is 0.294. The van der Waals surface area contributed by atoms with Crippen LogP contribution >= 0.6 is 11.3 Å². The third kappa shape index (κ3) is 2.79. The largest absolute Gasteiger partial charge is 0.459 e. The van der Waals surface area contributed by atoms with Crippen LogP contribution < -0.4 is 0 Å². The smallest absolute Gasteiger partial charge is 0.134 e. The van der Waals surface area contributed by atoms with E-state index in [1.807, 2.05) is 29.5 Å². The predicted molar refractivity (Wildman–Crippen MR) is 85.3 cm³/mol. The molecule has 1 atom stereocenters. The van der Waals surface area contributed by atoms with Gasteiger partial charge >= 0.3 is 0 Å². The highest BCUT2D eigenvalue weighted by atomic mass is 32.1. The second-order valence-corrected chi connectivity index (χ2v) is 6.20.